The molecule has 0 aliphatic heterocycles. The molecule has 1 rings (SSSR count). The fourth-order valence-electron chi connectivity index (χ4n) is 1.14. The molecule has 0 saturated heterocycles. The first-order valence-corrected chi connectivity index (χ1v) is 6.38. The zero-order chi connectivity index (χ0) is 11.3. The molecule has 1 aromatic carbocycles. The van der Waals surface area contributed by atoms with Gasteiger partial charge in [0.1, 0.15) is 5.78 Å². The first-order valence-electron chi connectivity index (χ1n) is 4.95. The number of rotatable bonds is 5. The molecule has 0 spiro atoms. The number of thioether (sulfide) groups is 1. The predicted octanol–water partition coefficient (Wildman–Crippen LogP) is 3.59. The average Bonchev–Trinajstić information content (AvgIpc) is 2.19. The van der Waals surface area contributed by atoms with Gasteiger partial charge in [0.25, 0.3) is 0 Å². The Morgan fingerprint density at radius 1 is 1.33 bits per heavy atom. The molecule has 0 atom stereocenters. The van der Waals surface area contributed by atoms with Crippen LogP contribution in [0, 0.1) is 0 Å². The predicted molar refractivity (Wildman–Crippen MR) is 67.8 cm³/mol. The number of carbonyl (C=O) groups is 1. The summed E-state index contributed by atoms with van der Waals surface area (Å²) < 4.78 is 0. The summed E-state index contributed by atoms with van der Waals surface area (Å²) in [6, 6.07) is 7.44. The van der Waals surface area contributed by atoms with Crippen molar-refractivity contribution >= 4 is 29.1 Å². The van der Waals surface area contributed by atoms with Crippen LogP contribution in [0.3, 0.4) is 0 Å². The van der Waals surface area contributed by atoms with Gasteiger partial charge in [-0.2, -0.15) is 11.8 Å². The quantitative estimate of drug-likeness (QED) is 0.785. The largest absolute Gasteiger partial charge is 0.298 e. The fourth-order valence-corrected chi connectivity index (χ4v) is 1.89. The third-order valence-electron chi connectivity index (χ3n) is 1.89. The summed E-state index contributed by atoms with van der Waals surface area (Å²) in [4.78, 5) is 11.5. The van der Waals surface area contributed by atoms with E-state index in [0.717, 1.165) is 5.56 Å². The molecule has 0 bridgehead atoms. The maximum Gasteiger partial charge on any atom is 0.147 e. The monoisotopic (exact) mass is 242 g/mol. The van der Waals surface area contributed by atoms with Gasteiger partial charge in [0, 0.05) is 11.4 Å². The molecule has 15 heavy (non-hydrogen) atoms. The fraction of sp³-hybridized carbons (Fsp3) is 0.417. The standard InChI is InChI=1S/C12H15ClOS/c1-9(2)15-8-12(14)7-10-3-5-11(13)6-4-10/h3-6,9H,7-8H2,1-2H3. The highest BCUT2D eigenvalue weighted by atomic mass is 35.5. The summed E-state index contributed by atoms with van der Waals surface area (Å²) in [7, 11) is 0. The minimum absolute atomic E-state index is 0.274. The summed E-state index contributed by atoms with van der Waals surface area (Å²) in [6.45, 7) is 4.19. The number of hydrogen-bond donors (Lipinski definition) is 0. The molecule has 0 unspecified atom stereocenters. The Labute approximate surface area is 100 Å². The molecule has 0 heterocycles. The van der Waals surface area contributed by atoms with E-state index >= 15 is 0 Å². The van der Waals surface area contributed by atoms with Crippen LogP contribution in [-0.4, -0.2) is 16.8 Å². The molecule has 1 aromatic rings. The van der Waals surface area contributed by atoms with E-state index in [0.29, 0.717) is 22.4 Å². The summed E-state index contributed by atoms with van der Waals surface area (Å²) in [5, 5.41) is 1.22. The van der Waals surface area contributed by atoms with Crippen molar-refractivity contribution in [3.8, 4) is 0 Å². The van der Waals surface area contributed by atoms with Gasteiger partial charge in [-0.25, -0.2) is 0 Å². The average molecular weight is 243 g/mol. The molecule has 0 aliphatic carbocycles. The molecule has 0 radical (unpaired) electrons. The topological polar surface area (TPSA) is 17.1 Å². The second-order valence-corrected chi connectivity index (χ2v) is 5.70. The molecule has 1 nitrogen and oxygen atoms in total. The number of Topliss-reactive ketones (excluding diaryl/α,β-unsaturated/α-hetero) is 1. The lowest BCUT2D eigenvalue weighted by Gasteiger charge is -2.04. The lowest BCUT2D eigenvalue weighted by atomic mass is 10.1. The molecule has 0 fully saturated rings. The Morgan fingerprint density at radius 2 is 1.93 bits per heavy atom. The normalized spacial score (nSPS) is 10.7. The van der Waals surface area contributed by atoms with E-state index in [1.165, 1.54) is 0 Å². The second kappa shape index (κ2) is 6.19. The number of halogens is 1. The first-order chi connectivity index (χ1) is 7.08. The zero-order valence-corrected chi connectivity index (χ0v) is 10.6. The summed E-state index contributed by atoms with van der Waals surface area (Å²) in [5.74, 6) is 0.872. The van der Waals surface area contributed by atoms with Crippen LogP contribution in [0.15, 0.2) is 24.3 Å². The van der Waals surface area contributed by atoms with Crippen molar-refractivity contribution < 1.29 is 4.79 Å². The Bertz CT molecular complexity index is 319. The van der Waals surface area contributed by atoms with Gasteiger partial charge in [0.2, 0.25) is 0 Å². The Balaban J connectivity index is 2.41. The van der Waals surface area contributed by atoms with Crippen LogP contribution in [0.1, 0.15) is 19.4 Å². The third-order valence-corrected chi connectivity index (χ3v) is 3.30. The van der Waals surface area contributed by atoms with E-state index in [-0.39, 0.29) is 5.78 Å². The summed E-state index contributed by atoms with van der Waals surface area (Å²) in [6.07, 6.45) is 0.511. The lowest BCUT2D eigenvalue weighted by molar-refractivity contribution is -0.116. The van der Waals surface area contributed by atoms with Gasteiger partial charge in [0.05, 0.1) is 5.75 Å². The number of hydrogen-bond acceptors (Lipinski definition) is 2. The van der Waals surface area contributed by atoms with Crippen molar-refractivity contribution in [3.05, 3.63) is 34.9 Å². The van der Waals surface area contributed by atoms with Gasteiger partial charge in [-0.1, -0.05) is 37.6 Å². The van der Waals surface area contributed by atoms with Crippen molar-refractivity contribution in [3.63, 3.8) is 0 Å². The number of carbonyl (C=O) groups excluding carboxylic acids is 1. The second-order valence-electron chi connectivity index (χ2n) is 3.70. The van der Waals surface area contributed by atoms with Crippen molar-refractivity contribution in [2.24, 2.45) is 0 Å². The van der Waals surface area contributed by atoms with E-state index in [2.05, 4.69) is 13.8 Å². The van der Waals surface area contributed by atoms with Gasteiger partial charge >= 0.3 is 0 Å². The van der Waals surface area contributed by atoms with Gasteiger partial charge < -0.3 is 0 Å². The van der Waals surface area contributed by atoms with Crippen LogP contribution in [0.5, 0.6) is 0 Å². The van der Waals surface area contributed by atoms with Crippen LogP contribution in [0.2, 0.25) is 5.02 Å². The smallest absolute Gasteiger partial charge is 0.147 e. The first kappa shape index (κ1) is 12.6. The Hall–Kier alpha value is -0.470. The molecular weight excluding hydrogens is 228 g/mol. The van der Waals surface area contributed by atoms with E-state index < -0.39 is 0 Å². The van der Waals surface area contributed by atoms with Crippen molar-refractivity contribution in [2.45, 2.75) is 25.5 Å². The van der Waals surface area contributed by atoms with Gasteiger partial charge in [-0.3, -0.25) is 4.79 Å². The Morgan fingerprint density at radius 3 is 2.47 bits per heavy atom. The molecule has 0 aromatic heterocycles. The Kier molecular flexibility index (Phi) is 5.20. The SMILES string of the molecule is CC(C)SCC(=O)Cc1ccc(Cl)cc1. The highest BCUT2D eigenvalue weighted by Gasteiger charge is 2.05. The summed E-state index contributed by atoms with van der Waals surface area (Å²) >= 11 is 7.45. The van der Waals surface area contributed by atoms with Crippen LogP contribution >= 0.6 is 23.4 Å². The van der Waals surface area contributed by atoms with Crippen molar-refractivity contribution in [1.82, 2.24) is 0 Å². The zero-order valence-electron chi connectivity index (χ0n) is 9.00. The molecule has 0 N–H and O–H groups in total. The van der Waals surface area contributed by atoms with E-state index in [9.17, 15) is 4.79 Å². The van der Waals surface area contributed by atoms with Crippen LogP contribution < -0.4 is 0 Å². The van der Waals surface area contributed by atoms with Crippen molar-refractivity contribution in [1.29, 1.82) is 0 Å². The van der Waals surface area contributed by atoms with Crippen LogP contribution in [0.4, 0.5) is 0 Å². The third kappa shape index (κ3) is 5.24. The molecule has 0 aliphatic rings. The summed E-state index contributed by atoms with van der Waals surface area (Å²) in [5.41, 5.74) is 1.04. The number of benzene rings is 1. The maximum absolute atomic E-state index is 11.5. The highest BCUT2D eigenvalue weighted by Crippen LogP contribution is 2.13. The molecule has 82 valence electrons. The van der Waals surface area contributed by atoms with E-state index in [4.69, 9.17) is 11.6 Å². The number of ketones is 1. The van der Waals surface area contributed by atoms with E-state index in [1.54, 1.807) is 11.8 Å². The minimum atomic E-state index is 0.274. The highest BCUT2D eigenvalue weighted by molar-refractivity contribution is 8.00. The lowest BCUT2D eigenvalue weighted by Crippen LogP contribution is -2.07. The van der Waals surface area contributed by atoms with Gasteiger partial charge in [-0.05, 0) is 22.9 Å². The minimum Gasteiger partial charge on any atom is -0.298 e. The molecular formula is C12H15ClOS. The van der Waals surface area contributed by atoms with Crippen LogP contribution in [0.25, 0.3) is 0 Å². The van der Waals surface area contributed by atoms with Crippen LogP contribution in [-0.2, 0) is 11.2 Å². The van der Waals surface area contributed by atoms with Gasteiger partial charge in [-0.15, -0.1) is 0 Å². The van der Waals surface area contributed by atoms with Crippen molar-refractivity contribution in [2.75, 3.05) is 5.75 Å². The maximum atomic E-state index is 11.5. The molecule has 3 heteroatoms. The molecule has 0 saturated carbocycles. The molecule has 0 amide bonds. The van der Waals surface area contributed by atoms with E-state index in [1.807, 2.05) is 24.3 Å². The van der Waals surface area contributed by atoms with Gasteiger partial charge in [0.15, 0.2) is 0 Å².